The number of carbonyl (C=O) groups excluding carboxylic acids is 1. The Balaban J connectivity index is 1.90. The number of carbonyl (C=O) groups is 1. The third-order valence-corrected chi connectivity index (χ3v) is 5.17. The predicted molar refractivity (Wildman–Crippen MR) is 91.6 cm³/mol. The molecule has 0 unspecified atom stereocenters. The van der Waals surface area contributed by atoms with Crippen molar-refractivity contribution >= 4 is 27.3 Å². The van der Waals surface area contributed by atoms with Crippen molar-refractivity contribution in [1.82, 2.24) is 0 Å². The second-order valence-electron chi connectivity index (χ2n) is 6.40. The smallest absolute Gasteiger partial charge is 0.261 e. The average molecular weight is 364 g/mol. The van der Waals surface area contributed by atoms with Gasteiger partial charge in [0.25, 0.3) is 10.0 Å². The normalized spacial score (nSPS) is 16.2. The Bertz CT molecular complexity index is 941. The zero-order chi connectivity index (χ0) is 18.2. The molecule has 0 fully saturated rings. The molecular weight excluding hydrogens is 347 g/mol. The molecule has 1 aliphatic rings. The van der Waals surface area contributed by atoms with Crippen LogP contribution in [0.5, 0.6) is 5.75 Å². The van der Waals surface area contributed by atoms with Crippen molar-refractivity contribution in [3.63, 3.8) is 0 Å². The molecule has 6 nitrogen and oxygen atoms in total. The highest BCUT2D eigenvalue weighted by Gasteiger charge is 2.32. The summed E-state index contributed by atoms with van der Waals surface area (Å²) >= 11 is 0. The summed E-state index contributed by atoms with van der Waals surface area (Å²) in [5.41, 5.74) is -0.109. The molecule has 25 heavy (non-hydrogen) atoms. The van der Waals surface area contributed by atoms with Crippen molar-refractivity contribution < 1.29 is 22.3 Å². The number of amides is 1. The lowest BCUT2D eigenvalue weighted by molar-refractivity contribution is -0.124. The molecule has 1 aliphatic heterocycles. The van der Waals surface area contributed by atoms with E-state index in [2.05, 4.69) is 10.0 Å². The predicted octanol–water partition coefficient (Wildman–Crippen LogP) is 2.98. The highest BCUT2D eigenvalue weighted by Crippen LogP contribution is 2.34. The Morgan fingerprint density at radius 3 is 2.68 bits per heavy atom. The summed E-state index contributed by atoms with van der Waals surface area (Å²) in [6, 6.07) is 9.25. The van der Waals surface area contributed by atoms with Gasteiger partial charge >= 0.3 is 0 Å². The van der Waals surface area contributed by atoms with Crippen molar-refractivity contribution in [3.8, 4) is 5.75 Å². The van der Waals surface area contributed by atoms with Gasteiger partial charge < -0.3 is 10.1 Å². The number of ether oxygens (including phenoxy) is 1. The SMILES string of the molecule is CC1(C)COc2ccc(NS(=O)(=O)c3cccc(F)c3)cc2NC1=O. The third-order valence-electron chi connectivity index (χ3n) is 3.79. The van der Waals surface area contributed by atoms with Crippen LogP contribution in [0.15, 0.2) is 47.4 Å². The number of benzene rings is 2. The van der Waals surface area contributed by atoms with E-state index in [9.17, 15) is 17.6 Å². The van der Waals surface area contributed by atoms with Crippen LogP contribution in [0.2, 0.25) is 0 Å². The Hall–Kier alpha value is -2.61. The van der Waals surface area contributed by atoms with Crippen LogP contribution in [-0.2, 0) is 14.8 Å². The van der Waals surface area contributed by atoms with Crippen molar-refractivity contribution in [2.75, 3.05) is 16.6 Å². The lowest BCUT2D eigenvalue weighted by Gasteiger charge is -2.18. The fraction of sp³-hybridized carbons (Fsp3) is 0.235. The summed E-state index contributed by atoms with van der Waals surface area (Å²) in [7, 11) is -3.95. The molecule has 0 saturated heterocycles. The van der Waals surface area contributed by atoms with E-state index in [-0.39, 0.29) is 23.1 Å². The molecule has 0 saturated carbocycles. The number of halogens is 1. The Labute approximate surface area is 145 Å². The van der Waals surface area contributed by atoms with Gasteiger partial charge in [0.15, 0.2) is 0 Å². The highest BCUT2D eigenvalue weighted by atomic mass is 32.2. The second-order valence-corrected chi connectivity index (χ2v) is 8.08. The molecule has 0 aliphatic carbocycles. The van der Waals surface area contributed by atoms with E-state index >= 15 is 0 Å². The fourth-order valence-electron chi connectivity index (χ4n) is 2.28. The molecule has 1 amide bonds. The van der Waals surface area contributed by atoms with Crippen LogP contribution >= 0.6 is 0 Å². The average Bonchev–Trinajstić information content (AvgIpc) is 2.64. The van der Waals surface area contributed by atoms with Crippen LogP contribution < -0.4 is 14.8 Å². The molecule has 2 aromatic rings. The summed E-state index contributed by atoms with van der Waals surface area (Å²) in [5, 5.41) is 2.73. The largest absolute Gasteiger partial charge is 0.490 e. The zero-order valence-electron chi connectivity index (χ0n) is 13.7. The molecule has 0 atom stereocenters. The second kappa shape index (κ2) is 6.03. The van der Waals surface area contributed by atoms with E-state index in [0.29, 0.717) is 11.4 Å². The van der Waals surface area contributed by atoms with Crippen LogP contribution in [0.25, 0.3) is 0 Å². The number of fused-ring (bicyclic) bond motifs is 1. The van der Waals surface area contributed by atoms with Gasteiger partial charge in [0.2, 0.25) is 5.91 Å². The van der Waals surface area contributed by atoms with Crippen LogP contribution in [0.3, 0.4) is 0 Å². The maximum absolute atomic E-state index is 13.3. The Morgan fingerprint density at radius 1 is 1.20 bits per heavy atom. The lowest BCUT2D eigenvalue weighted by Crippen LogP contribution is -2.33. The van der Waals surface area contributed by atoms with Gasteiger partial charge in [-0.25, -0.2) is 12.8 Å². The van der Waals surface area contributed by atoms with Crippen molar-refractivity contribution in [3.05, 3.63) is 48.3 Å². The summed E-state index contributed by atoms with van der Waals surface area (Å²) < 4.78 is 46.0. The van der Waals surface area contributed by atoms with Crippen molar-refractivity contribution in [1.29, 1.82) is 0 Å². The monoisotopic (exact) mass is 364 g/mol. The standard InChI is InChI=1S/C17H17FN2O4S/c1-17(2)10-24-15-7-6-12(9-14(15)19-16(17)21)20-25(22,23)13-5-3-4-11(18)8-13/h3-9,20H,10H2,1-2H3,(H,19,21). The van der Waals surface area contributed by atoms with E-state index in [0.717, 1.165) is 12.1 Å². The summed E-state index contributed by atoms with van der Waals surface area (Å²) in [6.07, 6.45) is 0. The number of hydrogen-bond donors (Lipinski definition) is 2. The number of nitrogens with one attached hydrogen (secondary N) is 2. The van der Waals surface area contributed by atoms with Gasteiger partial charge in [-0.2, -0.15) is 0 Å². The summed E-state index contributed by atoms with van der Waals surface area (Å²) in [6.45, 7) is 3.71. The minimum Gasteiger partial charge on any atom is -0.490 e. The van der Waals surface area contributed by atoms with E-state index in [1.165, 1.54) is 24.3 Å². The quantitative estimate of drug-likeness (QED) is 0.877. The highest BCUT2D eigenvalue weighted by molar-refractivity contribution is 7.92. The maximum Gasteiger partial charge on any atom is 0.261 e. The number of sulfonamides is 1. The summed E-state index contributed by atoms with van der Waals surface area (Å²) in [5.74, 6) is -0.420. The first-order chi connectivity index (χ1) is 11.7. The molecule has 0 radical (unpaired) electrons. The van der Waals surface area contributed by atoms with Gasteiger partial charge in [0, 0.05) is 0 Å². The number of hydrogen-bond acceptors (Lipinski definition) is 4. The first-order valence-electron chi connectivity index (χ1n) is 7.54. The molecule has 0 aromatic heterocycles. The molecular formula is C17H17FN2O4S. The van der Waals surface area contributed by atoms with Gasteiger partial charge in [-0.3, -0.25) is 9.52 Å². The maximum atomic E-state index is 13.3. The molecule has 2 N–H and O–H groups in total. The van der Waals surface area contributed by atoms with Gasteiger partial charge in [-0.15, -0.1) is 0 Å². The topological polar surface area (TPSA) is 84.5 Å². The minimum atomic E-state index is -3.95. The van der Waals surface area contributed by atoms with Crippen LogP contribution in [-0.4, -0.2) is 20.9 Å². The molecule has 132 valence electrons. The summed E-state index contributed by atoms with van der Waals surface area (Å²) in [4.78, 5) is 12.0. The lowest BCUT2D eigenvalue weighted by atomic mass is 9.94. The van der Waals surface area contributed by atoms with Crippen molar-refractivity contribution in [2.45, 2.75) is 18.7 Å². The molecule has 8 heteroatoms. The molecule has 0 bridgehead atoms. The van der Waals surface area contributed by atoms with Gasteiger partial charge in [0.05, 0.1) is 21.7 Å². The van der Waals surface area contributed by atoms with Gasteiger partial charge in [-0.05, 0) is 50.2 Å². The fourth-order valence-corrected chi connectivity index (χ4v) is 3.36. The first kappa shape index (κ1) is 17.2. The van der Waals surface area contributed by atoms with Gasteiger partial charge in [0.1, 0.15) is 18.2 Å². The van der Waals surface area contributed by atoms with Crippen LogP contribution in [0.1, 0.15) is 13.8 Å². The van der Waals surface area contributed by atoms with Crippen LogP contribution in [0.4, 0.5) is 15.8 Å². The van der Waals surface area contributed by atoms with E-state index in [4.69, 9.17) is 4.74 Å². The van der Waals surface area contributed by atoms with E-state index in [1.807, 2.05) is 0 Å². The van der Waals surface area contributed by atoms with E-state index in [1.54, 1.807) is 19.9 Å². The molecule has 0 spiro atoms. The Morgan fingerprint density at radius 2 is 1.96 bits per heavy atom. The number of rotatable bonds is 3. The first-order valence-corrected chi connectivity index (χ1v) is 9.02. The van der Waals surface area contributed by atoms with Crippen molar-refractivity contribution in [2.24, 2.45) is 5.41 Å². The van der Waals surface area contributed by atoms with Gasteiger partial charge in [-0.1, -0.05) is 6.07 Å². The minimum absolute atomic E-state index is 0.191. The number of anilines is 2. The van der Waals surface area contributed by atoms with Crippen LogP contribution in [0, 0.1) is 11.2 Å². The third kappa shape index (κ3) is 3.58. The molecule has 1 heterocycles. The zero-order valence-corrected chi connectivity index (χ0v) is 14.5. The molecule has 2 aromatic carbocycles. The Kier molecular flexibility index (Phi) is 4.16. The molecule has 3 rings (SSSR count). The van der Waals surface area contributed by atoms with E-state index < -0.39 is 21.3 Å².